The number of nitro benzene ring substituents is 1. The van der Waals surface area contributed by atoms with Crippen LogP contribution in [-0.4, -0.2) is 40.7 Å². The molecule has 2 N–H and O–H groups in total. The number of hydrogen-bond donors (Lipinski definition) is 2. The quantitative estimate of drug-likeness (QED) is 0.438. The van der Waals surface area contributed by atoms with Gasteiger partial charge in [-0.3, -0.25) is 10.1 Å². The van der Waals surface area contributed by atoms with Gasteiger partial charge in [-0.25, -0.2) is 4.79 Å². The Balaban J connectivity index is 2.60. The molecule has 0 aromatic heterocycles. The van der Waals surface area contributed by atoms with E-state index in [1.165, 1.54) is 29.2 Å². The predicted molar refractivity (Wildman–Crippen MR) is 80.3 cm³/mol. The van der Waals surface area contributed by atoms with Gasteiger partial charge in [-0.05, 0) is 18.6 Å². The third-order valence-electron chi connectivity index (χ3n) is 3.02. The summed E-state index contributed by atoms with van der Waals surface area (Å²) < 4.78 is 0. The number of benzene rings is 1. The van der Waals surface area contributed by atoms with Gasteiger partial charge in [-0.2, -0.15) is 0 Å². The summed E-state index contributed by atoms with van der Waals surface area (Å²) in [5, 5.41) is 22.2. The number of anilines is 1. The van der Waals surface area contributed by atoms with Crippen LogP contribution in [0.1, 0.15) is 26.2 Å². The summed E-state index contributed by atoms with van der Waals surface area (Å²) in [6, 6.07) is 5.33. The standard InChI is InChI=1S/C14H21N3O4/c1-2-3-4-9-16(10-11-18)14(19)15-12-5-7-13(8-6-12)17(20)21/h5-8,18H,2-4,9-11H2,1H3,(H,15,19). The van der Waals surface area contributed by atoms with E-state index >= 15 is 0 Å². The molecule has 0 aliphatic carbocycles. The topological polar surface area (TPSA) is 95.7 Å². The molecule has 0 bridgehead atoms. The second-order valence-electron chi connectivity index (χ2n) is 4.65. The lowest BCUT2D eigenvalue weighted by Crippen LogP contribution is -2.37. The number of nitrogens with one attached hydrogen (secondary N) is 1. The van der Waals surface area contributed by atoms with Crippen molar-refractivity contribution in [2.45, 2.75) is 26.2 Å². The number of rotatable bonds is 8. The normalized spacial score (nSPS) is 10.2. The Morgan fingerprint density at radius 2 is 1.95 bits per heavy atom. The maximum atomic E-state index is 12.1. The number of aliphatic hydroxyl groups excluding tert-OH is 1. The number of amides is 2. The molecule has 0 saturated heterocycles. The molecule has 2 amide bonds. The average molecular weight is 295 g/mol. The molecule has 0 heterocycles. The summed E-state index contributed by atoms with van der Waals surface area (Å²) >= 11 is 0. The van der Waals surface area contributed by atoms with E-state index in [0.29, 0.717) is 12.2 Å². The van der Waals surface area contributed by atoms with Gasteiger partial charge in [0, 0.05) is 30.9 Å². The van der Waals surface area contributed by atoms with Crippen LogP contribution in [0, 0.1) is 10.1 Å². The molecule has 0 unspecified atom stereocenters. The summed E-state index contributed by atoms with van der Waals surface area (Å²) in [5.74, 6) is 0. The number of aliphatic hydroxyl groups is 1. The number of unbranched alkanes of at least 4 members (excludes halogenated alkanes) is 2. The van der Waals surface area contributed by atoms with Crippen LogP contribution in [0.25, 0.3) is 0 Å². The van der Waals surface area contributed by atoms with Gasteiger partial charge in [0.15, 0.2) is 0 Å². The van der Waals surface area contributed by atoms with Crippen LogP contribution in [0.15, 0.2) is 24.3 Å². The first-order chi connectivity index (χ1) is 10.1. The Hall–Kier alpha value is -2.15. The van der Waals surface area contributed by atoms with E-state index in [9.17, 15) is 14.9 Å². The second kappa shape index (κ2) is 8.91. The first-order valence-corrected chi connectivity index (χ1v) is 6.99. The summed E-state index contributed by atoms with van der Waals surface area (Å²) in [6.07, 6.45) is 2.95. The van der Waals surface area contributed by atoms with Crippen molar-refractivity contribution < 1.29 is 14.8 Å². The zero-order valence-corrected chi connectivity index (χ0v) is 12.1. The van der Waals surface area contributed by atoms with E-state index in [4.69, 9.17) is 5.11 Å². The smallest absolute Gasteiger partial charge is 0.321 e. The van der Waals surface area contributed by atoms with Crippen LogP contribution in [0.4, 0.5) is 16.2 Å². The first kappa shape index (κ1) is 16.9. The number of urea groups is 1. The first-order valence-electron chi connectivity index (χ1n) is 6.99. The fraction of sp³-hybridized carbons (Fsp3) is 0.500. The number of hydrogen-bond acceptors (Lipinski definition) is 4. The monoisotopic (exact) mass is 295 g/mol. The SMILES string of the molecule is CCCCCN(CCO)C(=O)Nc1ccc([N+](=O)[O-])cc1. The maximum absolute atomic E-state index is 12.1. The van der Waals surface area contributed by atoms with E-state index in [1.807, 2.05) is 0 Å². The molecule has 1 rings (SSSR count). The van der Waals surface area contributed by atoms with Gasteiger partial charge in [-0.1, -0.05) is 19.8 Å². The fourth-order valence-electron chi connectivity index (χ4n) is 1.86. The minimum atomic E-state index is -0.492. The molecular weight excluding hydrogens is 274 g/mol. The van der Waals surface area contributed by atoms with Crippen LogP contribution >= 0.6 is 0 Å². The highest BCUT2D eigenvalue weighted by Crippen LogP contribution is 2.15. The molecule has 0 fully saturated rings. The molecule has 0 saturated carbocycles. The number of non-ortho nitro benzene ring substituents is 1. The molecule has 0 aliphatic rings. The van der Waals surface area contributed by atoms with E-state index in [0.717, 1.165) is 19.3 Å². The molecule has 0 spiro atoms. The number of carbonyl (C=O) groups is 1. The molecule has 21 heavy (non-hydrogen) atoms. The highest BCUT2D eigenvalue weighted by Gasteiger charge is 2.13. The molecule has 7 nitrogen and oxygen atoms in total. The van der Waals surface area contributed by atoms with Crippen LogP contribution in [0.3, 0.4) is 0 Å². The minimum absolute atomic E-state index is 0.0249. The third-order valence-corrected chi connectivity index (χ3v) is 3.02. The third kappa shape index (κ3) is 5.78. The molecule has 1 aromatic rings. The molecule has 116 valence electrons. The van der Waals surface area contributed by atoms with Gasteiger partial charge in [0.25, 0.3) is 5.69 Å². The summed E-state index contributed by atoms with van der Waals surface area (Å²) in [5.41, 5.74) is 0.465. The Bertz CT molecular complexity index is 462. The second-order valence-corrected chi connectivity index (χ2v) is 4.65. The van der Waals surface area contributed by atoms with Crippen molar-refractivity contribution in [1.29, 1.82) is 0 Å². The van der Waals surface area contributed by atoms with Crippen LogP contribution in [-0.2, 0) is 0 Å². The lowest BCUT2D eigenvalue weighted by molar-refractivity contribution is -0.384. The van der Waals surface area contributed by atoms with Crippen molar-refractivity contribution in [3.63, 3.8) is 0 Å². The van der Waals surface area contributed by atoms with E-state index in [1.54, 1.807) is 0 Å². The van der Waals surface area contributed by atoms with Crippen molar-refractivity contribution in [1.82, 2.24) is 4.90 Å². The Labute approximate surface area is 123 Å². The molecule has 1 aromatic carbocycles. The van der Waals surface area contributed by atoms with Gasteiger partial charge in [-0.15, -0.1) is 0 Å². The summed E-state index contributed by atoms with van der Waals surface area (Å²) in [7, 11) is 0. The molecule has 7 heteroatoms. The van der Waals surface area contributed by atoms with E-state index in [-0.39, 0.29) is 24.9 Å². The lowest BCUT2D eigenvalue weighted by Gasteiger charge is -2.22. The number of nitro groups is 1. The number of carbonyl (C=O) groups excluding carboxylic acids is 1. The van der Waals surface area contributed by atoms with Crippen LogP contribution in [0.5, 0.6) is 0 Å². The van der Waals surface area contributed by atoms with Gasteiger partial charge in [0.2, 0.25) is 0 Å². The molecule has 0 atom stereocenters. The highest BCUT2D eigenvalue weighted by atomic mass is 16.6. The summed E-state index contributed by atoms with van der Waals surface area (Å²) in [6.45, 7) is 2.82. The van der Waals surface area contributed by atoms with Gasteiger partial charge < -0.3 is 15.3 Å². The van der Waals surface area contributed by atoms with Gasteiger partial charge in [0.05, 0.1) is 11.5 Å². The van der Waals surface area contributed by atoms with Crippen molar-refractivity contribution in [2.24, 2.45) is 0 Å². The predicted octanol–water partition coefficient (Wildman–Crippen LogP) is 2.61. The zero-order chi connectivity index (χ0) is 15.7. The van der Waals surface area contributed by atoms with Crippen LogP contribution in [0.2, 0.25) is 0 Å². The molecule has 0 radical (unpaired) electrons. The van der Waals surface area contributed by atoms with E-state index < -0.39 is 4.92 Å². The molecular formula is C14H21N3O4. The van der Waals surface area contributed by atoms with Crippen molar-refractivity contribution in [3.05, 3.63) is 34.4 Å². The highest BCUT2D eigenvalue weighted by molar-refractivity contribution is 5.89. The number of nitrogens with zero attached hydrogens (tertiary/aromatic N) is 2. The largest absolute Gasteiger partial charge is 0.395 e. The maximum Gasteiger partial charge on any atom is 0.321 e. The minimum Gasteiger partial charge on any atom is -0.395 e. The average Bonchev–Trinajstić information content (AvgIpc) is 2.47. The fourth-order valence-corrected chi connectivity index (χ4v) is 1.86. The zero-order valence-electron chi connectivity index (χ0n) is 12.1. The summed E-state index contributed by atoms with van der Waals surface area (Å²) in [4.78, 5) is 23.7. The van der Waals surface area contributed by atoms with Crippen molar-refractivity contribution >= 4 is 17.4 Å². The van der Waals surface area contributed by atoms with Crippen molar-refractivity contribution in [2.75, 3.05) is 25.0 Å². The Morgan fingerprint density at radius 3 is 2.48 bits per heavy atom. The molecule has 0 aliphatic heterocycles. The Kier molecular flexibility index (Phi) is 7.17. The Morgan fingerprint density at radius 1 is 1.29 bits per heavy atom. The van der Waals surface area contributed by atoms with Gasteiger partial charge >= 0.3 is 6.03 Å². The van der Waals surface area contributed by atoms with Crippen molar-refractivity contribution in [3.8, 4) is 0 Å². The van der Waals surface area contributed by atoms with E-state index in [2.05, 4.69) is 12.2 Å². The van der Waals surface area contributed by atoms with Gasteiger partial charge in [0.1, 0.15) is 0 Å². The van der Waals surface area contributed by atoms with Crippen LogP contribution < -0.4 is 5.32 Å². The lowest BCUT2D eigenvalue weighted by atomic mass is 10.2.